The second-order valence-corrected chi connectivity index (χ2v) is 5.66. The van der Waals surface area contributed by atoms with Gasteiger partial charge >= 0.3 is 0 Å². The predicted molar refractivity (Wildman–Crippen MR) is 97.8 cm³/mol. The molecule has 6 heteroatoms. The Bertz CT molecular complexity index is 834. The van der Waals surface area contributed by atoms with E-state index in [-0.39, 0.29) is 12.5 Å². The number of likely N-dealkylation sites (N-methyl/N-ethyl adjacent to an activating group) is 1. The highest BCUT2D eigenvalue weighted by atomic mass is 16.5. The highest BCUT2D eigenvalue weighted by Gasteiger charge is 2.06. The third-order valence-corrected chi connectivity index (χ3v) is 3.56. The number of hydrogen-bond acceptors (Lipinski definition) is 4. The lowest BCUT2D eigenvalue weighted by atomic mass is 10.1. The molecule has 0 spiro atoms. The van der Waals surface area contributed by atoms with Crippen LogP contribution in [0.2, 0.25) is 0 Å². The van der Waals surface area contributed by atoms with Crippen molar-refractivity contribution in [2.24, 2.45) is 5.73 Å². The Kier molecular flexibility index (Phi) is 6.52. The number of carbonyl (C=O) groups is 2. The highest BCUT2D eigenvalue weighted by molar-refractivity contribution is 5.91. The summed E-state index contributed by atoms with van der Waals surface area (Å²) in [6.45, 7) is 0.280. The minimum absolute atomic E-state index is 0.136. The standard InChI is InChI=1S/C20H19N3O3/c1-23(13-17-4-2-16(12-21)3-5-17)20(25)11-8-15-6-9-18(10-7-15)26-14-19(22)24/h2-11H,13-14H2,1H3,(H2,22,24). The minimum atomic E-state index is -0.537. The largest absolute Gasteiger partial charge is 0.484 e. The molecule has 0 saturated carbocycles. The Morgan fingerprint density at radius 2 is 1.81 bits per heavy atom. The molecule has 0 heterocycles. The Hall–Kier alpha value is -3.59. The van der Waals surface area contributed by atoms with Gasteiger partial charge in [0, 0.05) is 19.7 Å². The van der Waals surface area contributed by atoms with Crippen LogP contribution in [0.25, 0.3) is 6.08 Å². The third kappa shape index (κ3) is 5.80. The van der Waals surface area contributed by atoms with Gasteiger partial charge in [0.15, 0.2) is 6.61 Å². The number of carbonyl (C=O) groups excluding carboxylic acids is 2. The van der Waals surface area contributed by atoms with Crippen molar-refractivity contribution in [3.05, 3.63) is 71.3 Å². The Morgan fingerprint density at radius 3 is 2.38 bits per heavy atom. The van der Waals surface area contributed by atoms with E-state index in [1.165, 1.54) is 6.08 Å². The normalized spacial score (nSPS) is 10.3. The monoisotopic (exact) mass is 349 g/mol. The van der Waals surface area contributed by atoms with Crippen LogP contribution in [0.1, 0.15) is 16.7 Å². The molecule has 0 aliphatic carbocycles. The van der Waals surface area contributed by atoms with E-state index in [9.17, 15) is 9.59 Å². The quantitative estimate of drug-likeness (QED) is 0.774. The fourth-order valence-electron chi connectivity index (χ4n) is 2.16. The summed E-state index contributed by atoms with van der Waals surface area (Å²) in [5.41, 5.74) is 7.38. The van der Waals surface area contributed by atoms with Crippen molar-refractivity contribution in [3.63, 3.8) is 0 Å². The van der Waals surface area contributed by atoms with Gasteiger partial charge in [-0.05, 0) is 41.5 Å². The molecule has 0 radical (unpaired) electrons. The zero-order valence-electron chi connectivity index (χ0n) is 14.4. The van der Waals surface area contributed by atoms with Gasteiger partial charge in [-0.1, -0.05) is 24.3 Å². The molecule has 0 atom stereocenters. The summed E-state index contributed by atoms with van der Waals surface area (Å²) in [6, 6.07) is 16.1. The van der Waals surface area contributed by atoms with Crippen molar-refractivity contribution in [2.45, 2.75) is 6.54 Å². The number of ether oxygens (including phenoxy) is 1. The molecular weight excluding hydrogens is 330 g/mol. The van der Waals surface area contributed by atoms with Crippen molar-refractivity contribution in [3.8, 4) is 11.8 Å². The van der Waals surface area contributed by atoms with Gasteiger partial charge in [0.1, 0.15) is 5.75 Å². The second kappa shape index (κ2) is 9.04. The molecule has 2 N–H and O–H groups in total. The topological polar surface area (TPSA) is 96.4 Å². The second-order valence-electron chi connectivity index (χ2n) is 5.66. The van der Waals surface area contributed by atoms with E-state index in [0.29, 0.717) is 17.9 Å². The van der Waals surface area contributed by atoms with Crippen LogP contribution in [0.15, 0.2) is 54.6 Å². The molecule has 2 amide bonds. The zero-order chi connectivity index (χ0) is 18.9. The molecule has 2 rings (SSSR count). The van der Waals surface area contributed by atoms with Gasteiger partial charge in [0.05, 0.1) is 11.6 Å². The number of nitrogens with two attached hydrogens (primary N) is 1. The van der Waals surface area contributed by atoms with E-state index in [0.717, 1.165) is 11.1 Å². The van der Waals surface area contributed by atoms with Crippen LogP contribution in [0.3, 0.4) is 0 Å². The third-order valence-electron chi connectivity index (χ3n) is 3.56. The van der Waals surface area contributed by atoms with E-state index in [1.54, 1.807) is 54.4 Å². The fourth-order valence-corrected chi connectivity index (χ4v) is 2.16. The van der Waals surface area contributed by atoms with Gasteiger partial charge < -0.3 is 15.4 Å². The number of rotatable bonds is 7. The van der Waals surface area contributed by atoms with Crippen LogP contribution >= 0.6 is 0 Å². The van der Waals surface area contributed by atoms with E-state index in [1.807, 2.05) is 12.1 Å². The molecule has 2 aromatic rings. The molecule has 6 nitrogen and oxygen atoms in total. The summed E-state index contributed by atoms with van der Waals surface area (Å²) in [5, 5.41) is 8.80. The van der Waals surface area contributed by atoms with Gasteiger partial charge in [-0.25, -0.2) is 0 Å². The number of hydrogen-bond donors (Lipinski definition) is 1. The first-order valence-electron chi connectivity index (χ1n) is 7.91. The maximum absolute atomic E-state index is 12.2. The fraction of sp³-hybridized carbons (Fsp3) is 0.150. The van der Waals surface area contributed by atoms with Crippen molar-refractivity contribution in [1.82, 2.24) is 4.90 Å². The van der Waals surface area contributed by atoms with Crippen LogP contribution in [-0.4, -0.2) is 30.4 Å². The summed E-state index contributed by atoms with van der Waals surface area (Å²) in [7, 11) is 1.71. The molecule has 0 aliphatic rings. The van der Waals surface area contributed by atoms with Crippen LogP contribution < -0.4 is 10.5 Å². The molecule has 0 fully saturated rings. The minimum Gasteiger partial charge on any atom is -0.484 e. The SMILES string of the molecule is CN(Cc1ccc(C#N)cc1)C(=O)C=Cc1ccc(OCC(N)=O)cc1. The zero-order valence-corrected chi connectivity index (χ0v) is 14.4. The summed E-state index contributed by atoms with van der Waals surface area (Å²) in [6.07, 6.45) is 3.19. The van der Waals surface area contributed by atoms with Crippen molar-refractivity contribution >= 4 is 17.9 Å². The average molecular weight is 349 g/mol. The first-order valence-corrected chi connectivity index (χ1v) is 7.91. The van der Waals surface area contributed by atoms with Crippen molar-refractivity contribution in [2.75, 3.05) is 13.7 Å². The maximum atomic E-state index is 12.2. The van der Waals surface area contributed by atoms with Gasteiger partial charge in [0.2, 0.25) is 5.91 Å². The summed E-state index contributed by atoms with van der Waals surface area (Å²) < 4.78 is 5.18. The number of nitrogens with zero attached hydrogens (tertiary/aromatic N) is 2. The van der Waals surface area contributed by atoms with E-state index < -0.39 is 5.91 Å². The van der Waals surface area contributed by atoms with Crippen LogP contribution in [-0.2, 0) is 16.1 Å². The first-order chi connectivity index (χ1) is 12.5. The van der Waals surface area contributed by atoms with Crippen LogP contribution in [0.4, 0.5) is 0 Å². The Morgan fingerprint density at radius 1 is 1.15 bits per heavy atom. The summed E-state index contributed by atoms with van der Waals surface area (Å²) in [4.78, 5) is 24.5. The van der Waals surface area contributed by atoms with Gasteiger partial charge in [-0.15, -0.1) is 0 Å². The van der Waals surface area contributed by atoms with Crippen LogP contribution in [0, 0.1) is 11.3 Å². The molecule has 0 unspecified atom stereocenters. The molecule has 0 aliphatic heterocycles. The van der Waals surface area contributed by atoms with Gasteiger partial charge in [0.25, 0.3) is 5.91 Å². The number of benzene rings is 2. The van der Waals surface area contributed by atoms with Crippen molar-refractivity contribution in [1.29, 1.82) is 5.26 Å². The summed E-state index contributed by atoms with van der Waals surface area (Å²) >= 11 is 0. The highest BCUT2D eigenvalue weighted by Crippen LogP contribution is 2.13. The predicted octanol–water partition coefficient (Wildman–Crippen LogP) is 2.09. The lowest BCUT2D eigenvalue weighted by Crippen LogP contribution is -2.24. The molecule has 0 aromatic heterocycles. The average Bonchev–Trinajstić information content (AvgIpc) is 2.65. The Labute approximate surface area is 152 Å². The number of nitriles is 1. The van der Waals surface area contributed by atoms with Crippen LogP contribution in [0.5, 0.6) is 5.75 Å². The smallest absolute Gasteiger partial charge is 0.255 e. The first kappa shape index (κ1) is 18.7. The van der Waals surface area contributed by atoms with Crippen molar-refractivity contribution < 1.29 is 14.3 Å². The van der Waals surface area contributed by atoms with E-state index >= 15 is 0 Å². The Balaban J connectivity index is 1.90. The molecule has 132 valence electrons. The molecule has 26 heavy (non-hydrogen) atoms. The molecule has 0 bridgehead atoms. The lowest BCUT2D eigenvalue weighted by Gasteiger charge is -2.15. The maximum Gasteiger partial charge on any atom is 0.255 e. The van der Waals surface area contributed by atoms with E-state index in [2.05, 4.69) is 6.07 Å². The molecule has 2 aromatic carbocycles. The molecule has 0 saturated heterocycles. The summed E-state index contributed by atoms with van der Waals surface area (Å²) in [5.74, 6) is -0.140. The van der Waals surface area contributed by atoms with Gasteiger partial charge in [-0.2, -0.15) is 5.26 Å². The molecular formula is C20H19N3O3. The van der Waals surface area contributed by atoms with E-state index in [4.69, 9.17) is 15.7 Å². The van der Waals surface area contributed by atoms with Gasteiger partial charge in [-0.3, -0.25) is 9.59 Å². The number of primary amides is 1. The lowest BCUT2D eigenvalue weighted by molar-refractivity contribution is -0.125. The number of amides is 2.